The second-order valence-electron chi connectivity index (χ2n) is 2.11. The summed E-state index contributed by atoms with van der Waals surface area (Å²) in [5.74, 6) is 0. The fourth-order valence-electron chi connectivity index (χ4n) is 0.943. The van der Waals surface area contributed by atoms with E-state index in [2.05, 4.69) is 22.6 Å². The summed E-state index contributed by atoms with van der Waals surface area (Å²) in [6, 6.07) is 0.501. The van der Waals surface area contributed by atoms with Gasteiger partial charge in [-0.05, 0) is 12.8 Å². The second kappa shape index (κ2) is 2.31. The first-order valence-corrected chi connectivity index (χ1v) is 3.95. The number of hydrogen-bond donors (Lipinski definition) is 1. The van der Waals surface area contributed by atoms with Crippen molar-refractivity contribution in [2.24, 2.45) is 5.73 Å². The molecule has 7 heavy (non-hydrogen) atoms. The van der Waals surface area contributed by atoms with Crippen LogP contribution in [0.2, 0.25) is 0 Å². The van der Waals surface area contributed by atoms with Crippen LogP contribution in [0.5, 0.6) is 0 Å². The maximum Gasteiger partial charge on any atom is 0.0261 e. The van der Waals surface area contributed by atoms with Gasteiger partial charge in [0, 0.05) is 9.97 Å². The van der Waals surface area contributed by atoms with Crippen LogP contribution in [0.1, 0.15) is 19.3 Å². The van der Waals surface area contributed by atoms with Crippen LogP contribution in [0.15, 0.2) is 0 Å². The number of nitrogens with two attached hydrogens (primary N) is 1. The second-order valence-corrected chi connectivity index (χ2v) is 3.71. The maximum atomic E-state index is 5.67. The Morgan fingerprint density at radius 1 is 1.43 bits per heavy atom. The van der Waals surface area contributed by atoms with Crippen molar-refractivity contribution in [3.05, 3.63) is 0 Å². The maximum absolute atomic E-state index is 5.67. The molecule has 0 aromatic carbocycles. The van der Waals surface area contributed by atoms with Crippen molar-refractivity contribution in [2.45, 2.75) is 29.2 Å². The highest BCUT2D eigenvalue weighted by atomic mass is 127. The predicted octanol–water partition coefficient (Wildman–Crippen LogP) is 1.30. The molecule has 0 aromatic rings. The Morgan fingerprint density at radius 2 is 2.14 bits per heavy atom. The van der Waals surface area contributed by atoms with E-state index in [0.29, 0.717) is 6.04 Å². The van der Waals surface area contributed by atoms with E-state index >= 15 is 0 Å². The summed E-state index contributed by atoms with van der Waals surface area (Å²) in [6.07, 6.45) is 3.92. The van der Waals surface area contributed by atoms with Crippen molar-refractivity contribution >= 4 is 22.6 Å². The van der Waals surface area contributed by atoms with E-state index in [1.807, 2.05) is 0 Å². The average Bonchev–Trinajstić information content (AvgIpc) is 1.91. The van der Waals surface area contributed by atoms with E-state index in [0.717, 1.165) is 3.92 Å². The minimum absolute atomic E-state index is 0.501. The molecule has 0 aliphatic heterocycles. The van der Waals surface area contributed by atoms with Crippen molar-refractivity contribution in [2.75, 3.05) is 0 Å². The van der Waals surface area contributed by atoms with Crippen molar-refractivity contribution < 1.29 is 0 Å². The molecular weight excluding hydrogens is 201 g/mol. The summed E-state index contributed by atoms with van der Waals surface area (Å²) in [5, 5.41) is 0. The number of hydrogen-bond acceptors (Lipinski definition) is 1. The van der Waals surface area contributed by atoms with Crippen molar-refractivity contribution in [3.8, 4) is 0 Å². The highest BCUT2D eigenvalue weighted by molar-refractivity contribution is 14.1. The molecule has 0 spiro atoms. The Morgan fingerprint density at radius 3 is 2.29 bits per heavy atom. The van der Waals surface area contributed by atoms with Gasteiger partial charge < -0.3 is 5.73 Å². The Labute approximate surface area is 57.8 Å². The molecule has 0 radical (unpaired) electrons. The van der Waals surface area contributed by atoms with E-state index in [4.69, 9.17) is 5.73 Å². The van der Waals surface area contributed by atoms with Crippen LogP contribution < -0.4 is 5.73 Å². The number of alkyl halides is 1. The summed E-state index contributed by atoms with van der Waals surface area (Å²) in [5.41, 5.74) is 5.67. The fourth-order valence-corrected chi connectivity index (χ4v) is 1.74. The van der Waals surface area contributed by atoms with Gasteiger partial charge in [0.1, 0.15) is 0 Å². The molecule has 1 aliphatic rings. The molecule has 2 heteroatoms. The first-order chi connectivity index (χ1) is 3.30. The molecule has 1 saturated carbocycles. The summed E-state index contributed by atoms with van der Waals surface area (Å²) >= 11 is 2.43. The zero-order chi connectivity index (χ0) is 5.28. The molecule has 1 aliphatic carbocycles. The normalized spacial score (nSPS) is 42.0. The third kappa shape index (κ3) is 1.29. The Kier molecular flexibility index (Phi) is 1.92. The van der Waals surface area contributed by atoms with Gasteiger partial charge in [-0.2, -0.15) is 0 Å². The molecular formula is C5H10IN. The van der Waals surface area contributed by atoms with Crippen molar-refractivity contribution in [1.82, 2.24) is 0 Å². The third-order valence-electron chi connectivity index (χ3n) is 1.48. The van der Waals surface area contributed by atoms with Crippen LogP contribution in [0.3, 0.4) is 0 Å². The van der Waals surface area contributed by atoms with Crippen LogP contribution in [0.25, 0.3) is 0 Å². The average molecular weight is 211 g/mol. The first-order valence-electron chi connectivity index (χ1n) is 2.70. The molecule has 0 saturated heterocycles. The van der Waals surface area contributed by atoms with Gasteiger partial charge in [0.2, 0.25) is 0 Å². The van der Waals surface area contributed by atoms with Gasteiger partial charge in [0.15, 0.2) is 0 Å². The minimum atomic E-state index is 0.501. The molecule has 0 heterocycles. The molecule has 42 valence electrons. The molecule has 0 bridgehead atoms. The topological polar surface area (TPSA) is 26.0 Å². The van der Waals surface area contributed by atoms with Crippen LogP contribution >= 0.6 is 22.6 Å². The van der Waals surface area contributed by atoms with Crippen LogP contribution in [0.4, 0.5) is 0 Å². The first kappa shape index (κ1) is 5.82. The van der Waals surface area contributed by atoms with E-state index in [9.17, 15) is 0 Å². The van der Waals surface area contributed by atoms with E-state index in [1.165, 1.54) is 19.3 Å². The smallest absolute Gasteiger partial charge is 0.0261 e. The molecule has 0 aromatic heterocycles. The van der Waals surface area contributed by atoms with E-state index in [-0.39, 0.29) is 0 Å². The van der Waals surface area contributed by atoms with E-state index < -0.39 is 0 Å². The highest BCUT2D eigenvalue weighted by Crippen LogP contribution is 2.23. The third-order valence-corrected chi connectivity index (χ3v) is 3.03. The molecule has 0 amide bonds. The van der Waals surface area contributed by atoms with Gasteiger partial charge in [-0.3, -0.25) is 0 Å². The molecule has 1 unspecified atom stereocenters. The van der Waals surface area contributed by atoms with Crippen LogP contribution in [0, 0.1) is 0 Å². The highest BCUT2D eigenvalue weighted by Gasteiger charge is 2.19. The number of rotatable bonds is 0. The Hall–Kier alpha value is 0.690. The quantitative estimate of drug-likeness (QED) is 0.474. The van der Waals surface area contributed by atoms with Gasteiger partial charge in [-0.15, -0.1) is 0 Å². The number of halogens is 1. The summed E-state index contributed by atoms with van der Waals surface area (Å²) in [4.78, 5) is 0. The van der Waals surface area contributed by atoms with Gasteiger partial charge in [-0.1, -0.05) is 29.0 Å². The SMILES string of the molecule is N[C@H]1CCCC1I. The lowest BCUT2D eigenvalue weighted by Gasteiger charge is -2.03. The Bertz CT molecular complexity index is 57.1. The lowest BCUT2D eigenvalue weighted by molar-refractivity contribution is 0.729. The molecule has 1 nitrogen and oxygen atoms in total. The van der Waals surface area contributed by atoms with Crippen LogP contribution in [-0.4, -0.2) is 9.97 Å². The van der Waals surface area contributed by atoms with Crippen molar-refractivity contribution in [3.63, 3.8) is 0 Å². The molecule has 2 atom stereocenters. The lowest BCUT2D eigenvalue weighted by atomic mass is 10.3. The molecule has 1 rings (SSSR count). The molecule has 2 N–H and O–H groups in total. The summed E-state index contributed by atoms with van der Waals surface area (Å²) in [7, 11) is 0. The minimum Gasteiger partial charge on any atom is -0.327 e. The molecule has 1 fully saturated rings. The van der Waals surface area contributed by atoms with Gasteiger partial charge in [0.25, 0.3) is 0 Å². The fraction of sp³-hybridized carbons (Fsp3) is 1.00. The largest absolute Gasteiger partial charge is 0.327 e. The van der Waals surface area contributed by atoms with Gasteiger partial charge >= 0.3 is 0 Å². The predicted molar refractivity (Wildman–Crippen MR) is 39.6 cm³/mol. The van der Waals surface area contributed by atoms with Gasteiger partial charge in [0.05, 0.1) is 0 Å². The summed E-state index contributed by atoms with van der Waals surface area (Å²) < 4.78 is 0.762. The standard InChI is InChI=1S/C5H10IN/c6-4-2-1-3-5(4)7/h4-5H,1-3,7H2/t4?,5-/m0/s1. The van der Waals surface area contributed by atoms with Crippen molar-refractivity contribution in [1.29, 1.82) is 0 Å². The van der Waals surface area contributed by atoms with E-state index in [1.54, 1.807) is 0 Å². The van der Waals surface area contributed by atoms with Gasteiger partial charge in [-0.25, -0.2) is 0 Å². The van der Waals surface area contributed by atoms with Crippen LogP contribution in [-0.2, 0) is 0 Å². The monoisotopic (exact) mass is 211 g/mol. The zero-order valence-electron chi connectivity index (χ0n) is 4.23. The Balaban J connectivity index is 2.33. The zero-order valence-corrected chi connectivity index (χ0v) is 6.39. The summed E-state index contributed by atoms with van der Waals surface area (Å²) in [6.45, 7) is 0. The lowest BCUT2D eigenvalue weighted by Crippen LogP contribution is -2.23.